The maximum absolute atomic E-state index is 12.8. The van der Waals surface area contributed by atoms with Crippen LogP contribution in [0.1, 0.15) is 105 Å². The zero-order valence-electron chi connectivity index (χ0n) is 20.8. The van der Waals surface area contributed by atoms with Crippen molar-refractivity contribution in [2.75, 3.05) is 0 Å². The van der Waals surface area contributed by atoms with Gasteiger partial charge in [0.15, 0.2) is 0 Å². The quantitative estimate of drug-likeness (QED) is 0.483. The van der Waals surface area contributed by atoms with E-state index in [1.807, 2.05) is 0 Å². The summed E-state index contributed by atoms with van der Waals surface area (Å²) in [6.07, 6.45) is 15.1. The number of rotatable bonds is 5. The Morgan fingerprint density at radius 1 is 1.10 bits per heavy atom. The van der Waals surface area contributed by atoms with Crippen LogP contribution < -0.4 is 0 Å². The second kappa shape index (κ2) is 7.44. The lowest BCUT2D eigenvalue weighted by Gasteiger charge is -2.59. The van der Waals surface area contributed by atoms with E-state index in [0.717, 1.165) is 44.4 Å². The van der Waals surface area contributed by atoms with Gasteiger partial charge in [0.25, 0.3) is 0 Å². The van der Waals surface area contributed by atoms with E-state index in [0.29, 0.717) is 40.8 Å². The van der Waals surface area contributed by atoms with Crippen molar-refractivity contribution < 1.29 is 9.90 Å². The third-order valence-electron chi connectivity index (χ3n) is 11.3. The van der Waals surface area contributed by atoms with Crippen molar-refractivity contribution in [1.82, 2.24) is 0 Å². The normalized spacial score (nSPS) is 46.4. The molecule has 0 aromatic heterocycles. The molecule has 0 bridgehead atoms. The molecule has 2 heteroatoms. The average Bonchev–Trinajstić information content (AvgIpc) is 3.44. The fourth-order valence-corrected chi connectivity index (χ4v) is 9.64. The van der Waals surface area contributed by atoms with Crippen molar-refractivity contribution in [3.05, 3.63) is 11.6 Å². The first kappa shape index (κ1) is 22.2. The van der Waals surface area contributed by atoms with Crippen LogP contribution >= 0.6 is 0 Å². The van der Waals surface area contributed by atoms with E-state index < -0.39 is 0 Å². The van der Waals surface area contributed by atoms with Gasteiger partial charge in [-0.15, -0.1) is 0 Å². The number of aliphatic hydroxyl groups excluding tert-OH is 1. The maximum atomic E-state index is 12.8. The van der Waals surface area contributed by atoms with E-state index in [9.17, 15) is 9.90 Å². The first-order valence-corrected chi connectivity index (χ1v) is 13.6. The molecule has 0 amide bonds. The van der Waals surface area contributed by atoms with E-state index in [1.54, 1.807) is 0 Å². The lowest BCUT2D eigenvalue weighted by atomic mass is 9.45. The van der Waals surface area contributed by atoms with E-state index in [4.69, 9.17) is 0 Å². The Bertz CT molecular complexity index is 761. The van der Waals surface area contributed by atoms with E-state index in [2.05, 4.69) is 40.7 Å². The van der Waals surface area contributed by atoms with Crippen molar-refractivity contribution >= 4 is 5.78 Å². The Labute approximate surface area is 190 Å². The van der Waals surface area contributed by atoms with Crippen LogP contribution in [0.2, 0.25) is 0 Å². The molecule has 5 aliphatic rings. The smallest absolute Gasteiger partial charge is 0.143 e. The molecular weight excluding hydrogens is 380 g/mol. The molecule has 5 rings (SSSR count). The van der Waals surface area contributed by atoms with Crippen LogP contribution in [0, 0.1) is 51.8 Å². The third kappa shape index (κ3) is 3.17. The Morgan fingerprint density at radius 3 is 2.52 bits per heavy atom. The first-order valence-electron chi connectivity index (χ1n) is 13.6. The van der Waals surface area contributed by atoms with Gasteiger partial charge in [0.05, 0.1) is 11.5 Å². The molecule has 0 radical (unpaired) electrons. The molecule has 2 nitrogen and oxygen atoms in total. The molecule has 1 N–H and O–H groups in total. The van der Waals surface area contributed by atoms with Crippen molar-refractivity contribution in [3.63, 3.8) is 0 Å². The predicted molar refractivity (Wildman–Crippen MR) is 126 cm³/mol. The van der Waals surface area contributed by atoms with Crippen LogP contribution in [0.15, 0.2) is 11.6 Å². The summed E-state index contributed by atoms with van der Waals surface area (Å²) in [5.74, 6) is 4.44. The maximum Gasteiger partial charge on any atom is 0.143 e. The molecule has 4 fully saturated rings. The highest BCUT2D eigenvalue weighted by atomic mass is 16.3. The number of aliphatic hydroxyl groups is 1. The molecule has 1 spiro atoms. The minimum atomic E-state index is -0.131. The minimum absolute atomic E-state index is 0.0551. The molecule has 5 aliphatic carbocycles. The van der Waals surface area contributed by atoms with E-state index in [-0.39, 0.29) is 16.9 Å². The molecular formula is C29H46O2. The van der Waals surface area contributed by atoms with E-state index >= 15 is 0 Å². The third-order valence-corrected chi connectivity index (χ3v) is 11.3. The van der Waals surface area contributed by atoms with Gasteiger partial charge in [0.2, 0.25) is 0 Å². The van der Waals surface area contributed by atoms with E-state index in [1.165, 1.54) is 37.7 Å². The highest BCUT2D eigenvalue weighted by Gasteiger charge is 2.66. The number of Topliss-reactive ketones (excluding diaryl/α,β-unsaturated/α-hetero) is 1. The second-order valence-corrected chi connectivity index (χ2v) is 13.3. The van der Waals surface area contributed by atoms with Crippen LogP contribution in [0.4, 0.5) is 0 Å². The van der Waals surface area contributed by atoms with Crippen LogP contribution in [0.25, 0.3) is 0 Å². The van der Waals surface area contributed by atoms with Crippen LogP contribution in [-0.4, -0.2) is 17.0 Å². The number of hydrogen-bond acceptors (Lipinski definition) is 2. The monoisotopic (exact) mass is 426 g/mol. The zero-order chi connectivity index (χ0) is 22.2. The largest absolute Gasteiger partial charge is 0.393 e. The summed E-state index contributed by atoms with van der Waals surface area (Å²) in [4.78, 5) is 12.8. The van der Waals surface area contributed by atoms with Gasteiger partial charge in [-0.1, -0.05) is 65.5 Å². The minimum Gasteiger partial charge on any atom is -0.393 e. The molecule has 0 aliphatic heterocycles. The molecule has 0 unspecified atom stereocenters. The summed E-state index contributed by atoms with van der Waals surface area (Å²) in [6, 6.07) is 0. The molecule has 0 heterocycles. The number of hydrogen-bond donors (Lipinski definition) is 1. The van der Waals surface area contributed by atoms with Gasteiger partial charge >= 0.3 is 0 Å². The van der Waals surface area contributed by atoms with Gasteiger partial charge < -0.3 is 5.11 Å². The first-order chi connectivity index (χ1) is 14.6. The van der Waals surface area contributed by atoms with Gasteiger partial charge in [-0.05, 0) is 91.3 Å². The average molecular weight is 427 g/mol. The predicted octanol–water partition coefficient (Wildman–Crippen LogP) is 6.96. The van der Waals surface area contributed by atoms with Gasteiger partial charge in [-0.3, -0.25) is 4.79 Å². The van der Waals surface area contributed by atoms with Gasteiger partial charge in [0, 0.05) is 6.42 Å². The van der Waals surface area contributed by atoms with Gasteiger partial charge in [-0.25, -0.2) is 0 Å². The van der Waals surface area contributed by atoms with Crippen LogP contribution in [0.3, 0.4) is 0 Å². The van der Waals surface area contributed by atoms with Crippen LogP contribution in [-0.2, 0) is 4.79 Å². The highest BCUT2D eigenvalue weighted by Crippen LogP contribution is 2.72. The summed E-state index contributed by atoms with van der Waals surface area (Å²) in [5, 5.41) is 11.4. The molecule has 0 saturated heterocycles. The Hall–Kier alpha value is -0.630. The summed E-state index contributed by atoms with van der Waals surface area (Å²) in [6.45, 7) is 12.2. The number of carbonyl (C=O) groups is 1. The summed E-state index contributed by atoms with van der Waals surface area (Å²) < 4.78 is 0. The Balaban J connectivity index is 1.39. The summed E-state index contributed by atoms with van der Waals surface area (Å²) in [7, 11) is 0. The zero-order valence-corrected chi connectivity index (χ0v) is 20.8. The number of carbonyl (C=O) groups excluding carboxylic acids is 1. The van der Waals surface area contributed by atoms with Crippen molar-refractivity contribution in [3.8, 4) is 0 Å². The Morgan fingerprint density at radius 2 is 1.84 bits per heavy atom. The Kier molecular flexibility index (Phi) is 5.32. The molecule has 31 heavy (non-hydrogen) atoms. The lowest BCUT2D eigenvalue weighted by molar-refractivity contribution is -0.129. The SMILES string of the molecule is CC(C)CCC[C@@H](C)[C@H]1C[C@@H](O)[C@H]2[C@@H]3CC=C4C5(CC5)C(=O)CC[C@]4(C)[C@H]3CC[C@@]21C. The summed E-state index contributed by atoms with van der Waals surface area (Å²) in [5.41, 5.74) is 1.98. The fraction of sp³-hybridized carbons (Fsp3) is 0.897. The van der Waals surface area contributed by atoms with Crippen molar-refractivity contribution in [2.45, 2.75) is 111 Å². The summed E-state index contributed by atoms with van der Waals surface area (Å²) >= 11 is 0. The molecule has 174 valence electrons. The standard InChI is InChI=1S/C29H46O2/c1-18(2)7-6-8-19(3)22-17-23(30)26-20-9-10-24-27(4,21(20)11-13-28(22,26)5)14-12-25(31)29(24)15-16-29/h10,18-23,26,30H,6-9,11-17H2,1-5H3/t19-,20-,21+,22-,23-,26-,27-,28-/m1/s1. The molecule has 4 saturated carbocycles. The highest BCUT2D eigenvalue weighted by molar-refractivity contribution is 5.92. The molecule has 8 atom stereocenters. The fourth-order valence-electron chi connectivity index (χ4n) is 9.64. The number of ketones is 1. The van der Waals surface area contributed by atoms with Gasteiger partial charge in [-0.2, -0.15) is 0 Å². The van der Waals surface area contributed by atoms with Crippen LogP contribution in [0.5, 0.6) is 0 Å². The lowest BCUT2D eigenvalue weighted by Crippen LogP contribution is -2.53. The number of fused-ring (bicyclic) bond motifs is 6. The number of allylic oxidation sites excluding steroid dienone is 2. The molecule has 0 aromatic rings. The van der Waals surface area contributed by atoms with Crippen molar-refractivity contribution in [2.24, 2.45) is 51.8 Å². The van der Waals surface area contributed by atoms with Crippen molar-refractivity contribution in [1.29, 1.82) is 0 Å². The topological polar surface area (TPSA) is 37.3 Å². The second-order valence-electron chi connectivity index (χ2n) is 13.3. The van der Waals surface area contributed by atoms with Gasteiger partial charge in [0.1, 0.15) is 5.78 Å². The molecule has 0 aromatic carbocycles.